The molecule has 1 unspecified atom stereocenters. The van der Waals surface area contributed by atoms with Gasteiger partial charge < -0.3 is 4.74 Å². The molecule has 0 aromatic carbocycles. The lowest BCUT2D eigenvalue weighted by molar-refractivity contribution is 0.0389. The van der Waals surface area contributed by atoms with Gasteiger partial charge >= 0.3 is 0 Å². The van der Waals surface area contributed by atoms with E-state index in [0.29, 0.717) is 6.10 Å². The molecule has 1 nitrogen and oxygen atoms in total. The molecule has 0 aromatic heterocycles. The van der Waals surface area contributed by atoms with Crippen molar-refractivity contribution in [2.75, 3.05) is 7.11 Å². The molecule has 1 aliphatic rings. The predicted octanol–water partition coefficient (Wildman–Crippen LogP) is 3.16. The number of methoxy groups -OCH3 is 1. The van der Waals surface area contributed by atoms with Gasteiger partial charge in [-0.25, -0.2) is 0 Å². The first-order valence-electron chi connectivity index (χ1n) is 5.02. The SMILES string of the molecule is C=CCC(OC)C1CCCCC1. The second-order valence-corrected chi connectivity index (χ2v) is 3.70. The van der Waals surface area contributed by atoms with Crippen molar-refractivity contribution in [1.29, 1.82) is 0 Å². The minimum absolute atomic E-state index is 0.433. The van der Waals surface area contributed by atoms with Gasteiger partial charge in [-0.1, -0.05) is 25.3 Å². The van der Waals surface area contributed by atoms with E-state index in [1.807, 2.05) is 13.2 Å². The summed E-state index contributed by atoms with van der Waals surface area (Å²) in [7, 11) is 1.82. The zero-order valence-electron chi connectivity index (χ0n) is 8.09. The number of hydrogen-bond acceptors (Lipinski definition) is 1. The fraction of sp³-hybridized carbons (Fsp3) is 0.818. The van der Waals surface area contributed by atoms with Crippen LogP contribution in [-0.2, 0) is 4.74 Å². The van der Waals surface area contributed by atoms with Crippen LogP contribution in [0, 0.1) is 5.92 Å². The van der Waals surface area contributed by atoms with Crippen molar-refractivity contribution in [2.45, 2.75) is 44.6 Å². The summed E-state index contributed by atoms with van der Waals surface area (Å²) < 4.78 is 5.46. The average molecular weight is 168 g/mol. The standard InChI is InChI=1S/C11H20O/c1-3-7-11(12-2)10-8-5-4-6-9-10/h3,10-11H,1,4-9H2,2H3. The van der Waals surface area contributed by atoms with E-state index in [9.17, 15) is 0 Å². The Morgan fingerprint density at radius 1 is 1.42 bits per heavy atom. The van der Waals surface area contributed by atoms with Crippen LogP contribution in [0.5, 0.6) is 0 Å². The molecule has 0 bridgehead atoms. The molecule has 0 amide bonds. The van der Waals surface area contributed by atoms with Crippen molar-refractivity contribution in [2.24, 2.45) is 5.92 Å². The molecule has 1 heteroatoms. The molecule has 0 spiro atoms. The molecular weight excluding hydrogens is 148 g/mol. The summed E-state index contributed by atoms with van der Waals surface area (Å²) in [6.07, 6.45) is 10.3. The third kappa shape index (κ3) is 2.63. The van der Waals surface area contributed by atoms with Crippen LogP contribution in [-0.4, -0.2) is 13.2 Å². The van der Waals surface area contributed by atoms with E-state index in [1.165, 1.54) is 32.1 Å². The maximum atomic E-state index is 5.46. The van der Waals surface area contributed by atoms with E-state index in [1.54, 1.807) is 0 Å². The molecule has 1 aliphatic carbocycles. The molecule has 1 atom stereocenters. The second kappa shape index (κ2) is 5.36. The van der Waals surface area contributed by atoms with E-state index >= 15 is 0 Å². The summed E-state index contributed by atoms with van der Waals surface area (Å²) in [5, 5.41) is 0. The van der Waals surface area contributed by atoms with Crippen molar-refractivity contribution in [1.82, 2.24) is 0 Å². The largest absolute Gasteiger partial charge is 0.381 e. The zero-order chi connectivity index (χ0) is 8.81. The number of rotatable bonds is 4. The third-order valence-electron chi connectivity index (χ3n) is 2.88. The monoisotopic (exact) mass is 168 g/mol. The summed E-state index contributed by atoms with van der Waals surface area (Å²) in [5.41, 5.74) is 0. The van der Waals surface area contributed by atoms with E-state index in [0.717, 1.165) is 12.3 Å². The molecule has 0 radical (unpaired) electrons. The fourth-order valence-corrected chi connectivity index (χ4v) is 2.15. The molecule has 1 fully saturated rings. The van der Waals surface area contributed by atoms with Gasteiger partial charge in [-0.2, -0.15) is 0 Å². The molecular formula is C11H20O. The minimum atomic E-state index is 0.433. The third-order valence-corrected chi connectivity index (χ3v) is 2.88. The van der Waals surface area contributed by atoms with Gasteiger partial charge in [0.15, 0.2) is 0 Å². The topological polar surface area (TPSA) is 9.23 Å². The summed E-state index contributed by atoms with van der Waals surface area (Å²) >= 11 is 0. The quantitative estimate of drug-likeness (QED) is 0.586. The lowest BCUT2D eigenvalue weighted by Gasteiger charge is -2.28. The molecule has 0 N–H and O–H groups in total. The molecule has 0 heterocycles. The highest BCUT2D eigenvalue weighted by molar-refractivity contribution is 4.80. The van der Waals surface area contributed by atoms with Crippen LogP contribution in [0.3, 0.4) is 0 Å². The lowest BCUT2D eigenvalue weighted by Crippen LogP contribution is -2.24. The normalized spacial score (nSPS) is 22.1. The Morgan fingerprint density at radius 3 is 2.58 bits per heavy atom. The van der Waals surface area contributed by atoms with Gasteiger partial charge in [0.2, 0.25) is 0 Å². The summed E-state index contributed by atoms with van der Waals surface area (Å²) in [4.78, 5) is 0. The molecule has 0 aromatic rings. The van der Waals surface area contributed by atoms with Crippen LogP contribution in [0.15, 0.2) is 12.7 Å². The highest BCUT2D eigenvalue weighted by Crippen LogP contribution is 2.29. The van der Waals surface area contributed by atoms with Gasteiger partial charge in [-0.15, -0.1) is 6.58 Å². The van der Waals surface area contributed by atoms with Gasteiger partial charge in [-0.05, 0) is 25.2 Å². The number of hydrogen-bond donors (Lipinski definition) is 0. The first kappa shape index (κ1) is 9.79. The molecule has 0 aliphatic heterocycles. The summed E-state index contributed by atoms with van der Waals surface area (Å²) in [6, 6.07) is 0. The highest BCUT2D eigenvalue weighted by Gasteiger charge is 2.21. The summed E-state index contributed by atoms with van der Waals surface area (Å²) in [5.74, 6) is 0.793. The smallest absolute Gasteiger partial charge is 0.0633 e. The van der Waals surface area contributed by atoms with Gasteiger partial charge in [0.1, 0.15) is 0 Å². The van der Waals surface area contributed by atoms with Gasteiger partial charge in [0, 0.05) is 7.11 Å². The Morgan fingerprint density at radius 2 is 2.08 bits per heavy atom. The van der Waals surface area contributed by atoms with E-state index in [4.69, 9.17) is 4.74 Å². The van der Waals surface area contributed by atoms with Crippen LogP contribution >= 0.6 is 0 Å². The zero-order valence-corrected chi connectivity index (χ0v) is 8.09. The Kier molecular flexibility index (Phi) is 4.37. The van der Waals surface area contributed by atoms with Crippen LogP contribution in [0.2, 0.25) is 0 Å². The van der Waals surface area contributed by atoms with Crippen LogP contribution in [0.25, 0.3) is 0 Å². The lowest BCUT2D eigenvalue weighted by atomic mass is 9.84. The van der Waals surface area contributed by atoms with Crippen molar-refractivity contribution in [3.8, 4) is 0 Å². The fourth-order valence-electron chi connectivity index (χ4n) is 2.15. The predicted molar refractivity (Wildman–Crippen MR) is 52.2 cm³/mol. The van der Waals surface area contributed by atoms with Crippen LogP contribution in [0.4, 0.5) is 0 Å². The van der Waals surface area contributed by atoms with Gasteiger partial charge in [0.25, 0.3) is 0 Å². The molecule has 70 valence electrons. The van der Waals surface area contributed by atoms with Crippen LogP contribution in [0.1, 0.15) is 38.5 Å². The van der Waals surface area contributed by atoms with Gasteiger partial charge in [-0.3, -0.25) is 0 Å². The molecule has 0 saturated heterocycles. The Labute approximate surface area is 75.8 Å². The van der Waals surface area contributed by atoms with Crippen molar-refractivity contribution >= 4 is 0 Å². The van der Waals surface area contributed by atoms with E-state index in [2.05, 4.69) is 6.58 Å². The second-order valence-electron chi connectivity index (χ2n) is 3.70. The minimum Gasteiger partial charge on any atom is -0.381 e. The first-order valence-corrected chi connectivity index (χ1v) is 5.02. The molecule has 1 rings (SSSR count). The molecule has 12 heavy (non-hydrogen) atoms. The van der Waals surface area contributed by atoms with Crippen molar-refractivity contribution in [3.05, 3.63) is 12.7 Å². The Balaban J connectivity index is 2.34. The first-order chi connectivity index (χ1) is 5.88. The van der Waals surface area contributed by atoms with Crippen LogP contribution < -0.4 is 0 Å². The van der Waals surface area contributed by atoms with E-state index < -0.39 is 0 Å². The Bertz CT molecular complexity index is 125. The van der Waals surface area contributed by atoms with Gasteiger partial charge in [0.05, 0.1) is 6.10 Å². The van der Waals surface area contributed by atoms with Crippen molar-refractivity contribution < 1.29 is 4.74 Å². The van der Waals surface area contributed by atoms with E-state index in [-0.39, 0.29) is 0 Å². The summed E-state index contributed by atoms with van der Waals surface area (Å²) in [6.45, 7) is 3.76. The maximum absolute atomic E-state index is 5.46. The average Bonchev–Trinajstić information content (AvgIpc) is 2.15. The number of ether oxygens (including phenoxy) is 1. The highest BCUT2D eigenvalue weighted by atomic mass is 16.5. The Hall–Kier alpha value is -0.300. The maximum Gasteiger partial charge on any atom is 0.0633 e. The molecule has 1 saturated carbocycles. The van der Waals surface area contributed by atoms with Crippen molar-refractivity contribution in [3.63, 3.8) is 0 Å².